The molecular weight excluding hydrogens is 651 g/mol. The Labute approximate surface area is 307 Å². The molecule has 0 amide bonds. The molecular formula is C49H31NO3. The van der Waals surface area contributed by atoms with Crippen molar-refractivity contribution in [3.63, 3.8) is 0 Å². The molecule has 0 radical (unpaired) electrons. The number of ether oxygens (including phenoxy) is 3. The summed E-state index contributed by atoms with van der Waals surface area (Å²) in [4.78, 5) is 2.25. The van der Waals surface area contributed by atoms with Gasteiger partial charge in [0, 0.05) is 23.2 Å². The molecule has 12 rings (SSSR count). The van der Waals surface area contributed by atoms with Gasteiger partial charge in [0.25, 0.3) is 0 Å². The van der Waals surface area contributed by atoms with Crippen molar-refractivity contribution >= 4 is 17.1 Å². The summed E-state index contributed by atoms with van der Waals surface area (Å²) < 4.78 is 20.3. The zero-order valence-corrected chi connectivity index (χ0v) is 28.6. The second-order valence-electron chi connectivity index (χ2n) is 14.3. The zero-order chi connectivity index (χ0) is 34.7. The fourth-order valence-corrected chi connectivity index (χ4v) is 9.52. The summed E-state index contributed by atoms with van der Waals surface area (Å²) in [5, 5.41) is 0. The van der Waals surface area contributed by atoms with E-state index >= 15 is 0 Å². The molecule has 0 saturated carbocycles. The van der Waals surface area contributed by atoms with Crippen LogP contribution in [0.15, 0.2) is 176 Å². The molecule has 0 saturated heterocycles. The predicted octanol–water partition coefficient (Wildman–Crippen LogP) is 12.4. The lowest BCUT2D eigenvalue weighted by Crippen LogP contribution is -2.25. The maximum atomic E-state index is 6.91. The first-order valence-corrected chi connectivity index (χ1v) is 18.2. The van der Waals surface area contributed by atoms with E-state index in [2.05, 4.69) is 169 Å². The standard InChI is InChI=1S/C49H31NO3/c1-2-13-30(14-3-1)50(42-23-12-19-36-35-18-7-11-24-43(35)53-48(36)42)31-25-26-44-45(27-31)52-47-29-41-37(28-46(47)51-44)34-17-6-10-22-40(34)49(41)38-20-8-4-15-32(38)33-16-5-9-21-39(33)49/h1-29,35,43H. The van der Waals surface area contributed by atoms with Gasteiger partial charge in [-0.3, -0.25) is 0 Å². The molecule has 2 heterocycles. The van der Waals surface area contributed by atoms with Gasteiger partial charge in [0.1, 0.15) is 11.9 Å². The topological polar surface area (TPSA) is 30.9 Å². The molecule has 0 N–H and O–H groups in total. The van der Waals surface area contributed by atoms with E-state index in [1.54, 1.807) is 0 Å². The van der Waals surface area contributed by atoms with E-state index < -0.39 is 5.41 Å². The summed E-state index contributed by atoms with van der Waals surface area (Å²) in [6, 6.07) is 54.1. The van der Waals surface area contributed by atoms with Crippen LogP contribution in [0.25, 0.3) is 22.3 Å². The molecule has 4 heteroatoms. The van der Waals surface area contributed by atoms with Crippen LogP contribution in [-0.2, 0) is 5.41 Å². The van der Waals surface area contributed by atoms with Crippen molar-refractivity contribution in [3.05, 3.63) is 204 Å². The van der Waals surface area contributed by atoms with Crippen LogP contribution in [0.4, 0.5) is 17.1 Å². The Balaban J connectivity index is 1.01. The van der Waals surface area contributed by atoms with Crippen LogP contribution in [0.2, 0.25) is 0 Å². The smallest absolute Gasteiger partial charge is 0.172 e. The van der Waals surface area contributed by atoms with Crippen LogP contribution >= 0.6 is 0 Å². The Hall–Kier alpha value is -6.78. The number of para-hydroxylation sites is 2. The summed E-state index contributed by atoms with van der Waals surface area (Å²) >= 11 is 0. The quantitative estimate of drug-likeness (QED) is 0.186. The van der Waals surface area contributed by atoms with E-state index in [1.165, 1.54) is 50.1 Å². The fraction of sp³-hybridized carbons (Fsp3) is 0.0612. The average molecular weight is 682 g/mol. The SMILES string of the molecule is C1=CC2Oc3c(cccc3N(c3ccccc3)c3ccc4c(c3)Oc3cc5c(cc3O4)-c3ccccc3C53c4ccccc4-c4ccccc43)C2C=C1. The third kappa shape index (κ3) is 3.84. The lowest BCUT2D eigenvalue weighted by atomic mass is 9.70. The number of hydrogen-bond acceptors (Lipinski definition) is 4. The van der Waals surface area contributed by atoms with Gasteiger partial charge >= 0.3 is 0 Å². The van der Waals surface area contributed by atoms with Gasteiger partial charge in [0.05, 0.1) is 16.8 Å². The molecule has 4 nitrogen and oxygen atoms in total. The first-order valence-electron chi connectivity index (χ1n) is 18.2. The highest BCUT2D eigenvalue weighted by Gasteiger charge is 2.52. The highest BCUT2D eigenvalue weighted by atomic mass is 16.6. The molecule has 2 atom stereocenters. The maximum Gasteiger partial charge on any atom is 0.172 e. The van der Waals surface area contributed by atoms with Gasteiger partial charge < -0.3 is 19.1 Å². The van der Waals surface area contributed by atoms with Crippen molar-refractivity contribution in [2.75, 3.05) is 4.90 Å². The van der Waals surface area contributed by atoms with Crippen molar-refractivity contribution < 1.29 is 14.2 Å². The molecule has 0 fully saturated rings. The lowest BCUT2D eigenvalue weighted by molar-refractivity contribution is 0.269. The Morgan fingerprint density at radius 3 is 1.83 bits per heavy atom. The monoisotopic (exact) mass is 681 g/mol. The van der Waals surface area contributed by atoms with E-state index in [4.69, 9.17) is 14.2 Å². The van der Waals surface area contributed by atoms with Gasteiger partial charge in [-0.1, -0.05) is 121 Å². The zero-order valence-electron chi connectivity index (χ0n) is 28.6. The number of nitrogens with zero attached hydrogens (tertiary/aromatic N) is 1. The van der Waals surface area contributed by atoms with Gasteiger partial charge in [-0.25, -0.2) is 0 Å². The number of fused-ring (bicyclic) bond motifs is 15. The van der Waals surface area contributed by atoms with E-state index in [0.717, 1.165) is 22.8 Å². The van der Waals surface area contributed by atoms with Gasteiger partial charge in [-0.05, 0) is 93.0 Å². The van der Waals surface area contributed by atoms with Crippen LogP contribution in [0.3, 0.4) is 0 Å². The molecule has 0 aromatic heterocycles. The minimum atomic E-state index is -0.459. The van der Waals surface area contributed by atoms with Gasteiger partial charge in [0.2, 0.25) is 0 Å². The van der Waals surface area contributed by atoms with Crippen LogP contribution in [0, 0.1) is 0 Å². The molecule has 1 spiro atoms. The normalized spacial score (nSPS) is 17.9. The Bertz CT molecular complexity index is 2700. The van der Waals surface area contributed by atoms with E-state index in [1.807, 2.05) is 12.1 Å². The van der Waals surface area contributed by atoms with Gasteiger partial charge in [0.15, 0.2) is 23.0 Å². The molecule has 2 aliphatic heterocycles. The van der Waals surface area contributed by atoms with E-state index in [9.17, 15) is 0 Å². The minimum Gasteiger partial charge on any atom is -0.483 e. The number of benzene rings is 7. The second-order valence-corrected chi connectivity index (χ2v) is 14.3. The Morgan fingerprint density at radius 1 is 0.453 bits per heavy atom. The first kappa shape index (κ1) is 28.9. The summed E-state index contributed by atoms with van der Waals surface area (Å²) in [6.07, 6.45) is 8.54. The molecule has 2 unspecified atom stereocenters. The largest absolute Gasteiger partial charge is 0.483 e. The second kappa shape index (κ2) is 10.6. The molecule has 250 valence electrons. The maximum absolute atomic E-state index is 6.91. The number of rotatable bonds is 3. The molecule has 5 aliphatic rings. The van der Waals surface area contributed by atoms with E-state index in [0.29, 0.717) is 23.0 Å². The van der Waals surface area contributed by atoms with Crippen molar-refractivity contribution in [2.24, 2.45) is 0 Å². The first-order chi connectivity index (χ1) is 26.3. The third-order valence-corrected chi connectivity index (χ3v) is 11.7. The molecule has 7 aromatic carbocycles. The Kier molecular flexibility index (Phi) is 5.79. The summed E-state index contributed by atoms with van der Waals surface area (Å²) in [5.74, 6) is 3.87. The third-order valence-electron chi connectivity index (χ3n) is 11.7. The van der Waals surface area contributed by atoms with E-state index in [-0.39, 0.29) is 12.0 Å². The minimum absolute atomic E-state index is 0.0134. The van der Waals surface area contributed by atoms with Crippen LogP contribution in [-0.4, -0.2) is 6.10 Å². The van der Waals surface area contributed by atoms with Crippen LogP contribution < -0.4 is 19.1 Å². The highest BCUT2D eigenvalue weighted by Crippen LogP contribution is 2.65. The Morgan fingerprint density at radius 2 is 1.08 bits per heavy atom. The number of allylic oxidation sites excluding steroid dienone is 2. The predicted molar refractivity (Wildman–Crippen MR) is 209 cm³/mol. The van der Waals surface area contributed by atoms with Crippen LogP contribution in [0.5, 0.6) is 28.7 Å². The van der Waals surface area contributed by atoms with Gasteiger partial charge in [-0.2, -0.15) is 0 Å². The fourth-order valence-electron chi connectivity index (χ4n) is 9.52. The molecule has 53 heavy (non-hydrogen) atoms. The number of anilines is 3. The van der Waals surface area contributed by atoms with Crippen molar-refractivity contribution in [1.29, 1.82) is 0 Å². The van der Waals surface area contributed by atoms with Crippen molar-refractivity contribution in [3.8, 4) is 51.0 Å². The van der Waals surface area contributed by atoms with Crippen molar-refractivity contribution in [1.82, 2.24) is 0 Å². The average Bonchev–Trinajstić information content (AvgIpc) is 3.84. The van der Waals surface area contributed by atoms with Crippen molar-refractivity contribution in [2.45, 2.75) is 17.4 Å². The summed E-state index contributed by atoms with van der Waals surface area (Å²) in [6.45, 7) is 0. The molecule has 3 aliphatic carbocycles. The summed E-state index contributed by atoms with van der Waals surface area (Å²) in [7, 11) is 0. The molecule has 0 bridgehead atoms. The van der Waals surface area contributed by atoms with Gasteiger partial charge in [-0.15, -0.1) is 0 Å². The van der Waals surface area contributed by atoms with Crippen LogP contribution in [0.1, 0.15) is 33.7 Å². The highest BCUT2D eigenvalue weighted by molar-refractivity contribution is 5.96. The molecule has 7 aromatic rings. The summed E-state index contributed by atoms with van der Waals surface area (Å²) in [5.41, 5.74) is 13.7. The lowest BCUT2D eigenvalue weighted by Gasteiger charge is -2.31. The number of hydrogen-bond donors (Lipinski definition) is 0.